The first kappa shape index (κ1) is 17.1. The number of urea groups is 1. The quantitative estimate of drug-likeness (QED) is 0.883. The maximum atomic E-state index is 12.5. The van der Waals surface area contributed by atoms with Crippen molar-refractivity contribution in [3.8, 4) is 0 Å². The Morgan fingerprint density at radius 3 is 3.00 bits per heavy atom. The minimum Gasteiger partial charge on any atom is -0.379 e. The van der Waals surface area contributed by atoms with Gasteiger partial charge < -0.3 is 19.9 Å². The van der Waals surface area contributed by atoms with Gasteiger partial charge in [-0.05, 0) is 49.8 Å². The SMILES string of the molecule is Cc1cc(CC2COCC2NC(=O)Nc2cccc3c2CCCC3)on1. The molecule has 2 aliphatic rings. The second-order valence-electron chi connectivity index (χ2n) is 7.29. The molecule has 1 aliphatic carbocycles. The molecule has 2 aromatic rings. The molecular weight excluding hydrogens is 330 g/mol. The highest BCUT2D eigenvalue weighted by Gasteiger charge is 2.31. The van der Waals surface area contributed by atoms with E-state index < -0.39 is 0 Å². The van der Waals surface area contributed by atoms with Gasteiger partial charge in [0.25, 0.3) is 0 Å². The summed E-state index contributed by atoms with van der Waals surface area (Å²) in [5.41, 5.74) is 4.44. The Kier molecular flexibility index (Phi) is 4.93. The van der Waals surface area contributed by atoms with Crippen LogP contribution in [0.4, 0.5) is 10.5 Å². The van der Waals surface area contributed by atoms with Crippen molar-refractivity contribution in [1.82, 2.24) is 10.5 Å². The van der Waals surface area contributed by atoms with Crippen molar-refractivity contribution in [2.45, 2.75) is 45.1 Å². The molecule has 2 amide bonds. The first-order chi connectivity index (χ1) is 12.7. The van der Waals surface area contributed by atoms with E-state index in [1.807, 2.05) is 25.1 Å². The van der Waals surface area contributed by atoms with E-state index in [1.54, 1.807) is 0 Å². The Labute approximate surface area is 153 Å². The summed E-state index contributed by atoms with van der Waals surface area (Å²) < 4.78 is 10.9. The second kappa shape index (κ2) is 7.50. The van der Waals surface area contributed by atoms with Gasteiger partial charge in [0, 0.05) is 24.1 Å². The number of nitrogens with zero attached hydrogens (tertiary/aromatic N) is 1. The first-order valence-corrected chi connectivity index (χ1v) is 9.37. The van der Waals surface area contributed by atoms with Crippen LogP contribution in [0.25, 0.3) is 0 Å². The molecule has 1 aromatic heterocycles. The van der Waals surface area contributed by atoms with E-state index in [-0.39, 0.29) is 18.0 Å². The number of ether oxygens (including phenoxy) is 1. The highest BCUT2D eigenvalue weighted by Crippen LogP contribution is 2.28. The summed E-state index contributed by atoms with van der Waals surface area (Å²) >= 11 is 0. The average molecular weight is 355 g/mol. The number of carbonyl (C=O) groups excluding carboxylic acids is 1. The topological polar surface area (TPSA) is 76.4 Å². The summed E-state index contributed by atoms with van der Waals surface area (Å²) in [5.74, 6) is 1.03. The summed E-state index contributed by atoms with van der Waals surface area (Å²) in [4.78, 5) is 12.5. The number of hydrogen-bond acceptors (Lipinski definition) is 4. The van der Waals surface area contributed by atoms with Gasteiger partial charge in [-0.2, -0.15) is 0 Å². The Bertz CT molecular complexity index is 786. The Hall–Kier alpha value is -2.34. The molecule has 1 aliphatic heterocycles. The third-order valence-electron chi connectivity index (χ3n) is 5.30. The molecular formula is C20H25N3O3. The Morgan fingerprint density at radius 2 is 2.15 bits per heavy atom. The summed E-state index contributed by atoms with van der Waals surface area (Å²) in [7, 11) is 0. The Morgan fingerprint density at radius 1 is 1.27 bits per heavy atom. The lowest BCUT2D eigenvalue weighted by molar-refractivity contribution is 0.181. The fourth-order valence-corrected chi connectivity index (χ4v) is 3.96. The van der Waals surface area contributed by atoms with Crippen LogP contribution in [-0.2, 0) is 24.0 Å². The van der Waals surface area contributed by atoms with E-state index in [2.05, 4.69) is 21.9 Å². The van der Waals surface area contributed by atoms with E-state index in [4.69, 9.17) is 9.26 Å². The minimum absolute atomic E-state index is 0.0278. The lowest BCUT2D eigenvalue weighted by atomic mass is 9.90. The van der Waals surface area contributed by atoms with E-state index in [0.29, 0.717) is 19.6 Å². The van der Waals surface area contributed by atoms with Gasteiger partial charge in [0.15, 0.2) is 0 Å². The maximum absolute atomic E-state index is 12.5. The number of anilines is 1. The summed E-state index contributed by atoms with van der Waals surface area (Å²) in [6.07, 6.45) is 5.26. The minimum atomic E-state index is -0.168. The van der Waals surface area contributed by atoms with Crippen molar-refractivity contribution in [1.29, 1.82) is 0 Å². The molecule has 0 spiro atoms. The molecule has 26 heavy (non-hydrogen) atoms. The summed E-state index contributed by atoms with van der Waals surface area (Å²) in [5, 5.41) is 10.0. The normalized spacial score (nSPS) is 22.0. The largest absolute Gasteiger partial charge is 0.379 e. The highest BCUT2D eigenvalue weighted by atomic mass is 16.5. The third-order valence-corrected chi connectivity index (χ3v) is 5.30. The van der Waals surface area contributed by atoms with Crippen LogP contribution in [0, 0.1) is 12.8 Å². The number of benzene rings is 1. The molecule has 2 atom stereocenters. The van der Waals surface area contributed by atoms with Crippen LogP contribution in [0.3, 0.4) is 0 Å². The van der Waals surface area contributed by atoms with Crippen LogP contribution in [0.15, 0.2) is 28.8 Å². The van der Waals surface area contributed by atoms with Gasteiger partial charge >= 0.3 is 6.03 Å². The number of nitrogens with one attached hydrogen (secondary N) is 2. The molecule has 0 saturated carbocycles. The Balaban J connectivity index is 1.38. The number of carbonyl (C=O) groups is 1. The highest BCUT2D eigenvalue weighted by molar-refractivity contribution is 5.90. The van der Waals surface area contributed by atoms with Crippen molar-refractivity contribution in [2.24, 2.45) is 5.92 Å². The average Bonchev–Trinajstić information content (AvgIpc) is 3.24. The molecule has 2 N–H and O–H groups in total. The van der Waals surface area contributed by atoms with Crippen LogP contribution in [0.2, 0.25) is 0 Å². The molecule has 2 unspecified atom stereocenters. The lowest BCUT2D eigenvalue weighted by Crippen LogP contribution is -2.43. The zero-order valence-corrected chi connectivity index (χ0v) is 15.1. The van der Waals surface area contributed by atoms with Gasteiger partial charge in [-0.3, -0.25) is 0 Å². The van der Waals surface area contributed by atoms with Gasteiger partial charge in [-0.15, -0.1) is 0 Å². The van der Waals surface area contributed by atoms with Crippen molar-refractivity contribution in [2.75, 3.05) is 18.5 Å². The second-order valence-corrected chi connectivity index (χ2v) is 7.29. The fourth-order valence-electron chi connectivity index (χ4n) is 3.96. The monoisotopic (exact) mass is 355 g/mol. The van der Waals surface area contributed by atoms with Crippen molar-refractivity contribution < 1.29 is 14.1 Å². The summed E-state index contributed by atoms with van der Waals surface area (Å²) in [6.45, 7) is 3.05. The van der Waals surface area contributed by atoms with Gasteiger partial charge in [-0.25, -0.2) is 4.79 Å². The van der Waals surface area contributed by atoms with Crippen LogP contribution < -0.4 is 10.6 Å². The zero-order chi connectivity index (χ0) is 17.9. The third kappa shape index (κ3) is 3.75. The zero-order valence-electron chi connectivity index (χ0n) is 15.1. The van der Waals surface area contributed by atoms with Gasteiger partial charge in [0.2, 0.25) is 0 Å². The van der Waals surface area contributed by atoms with Crippen LogP contribution in [0.5, 0.6) is 0 Å². The van der Waals surface area contributed by atoms with E-state index in [1.165, 1.54) is 24.0 Å². The van der Waals surface area contributed by atoms with Crippen LogP contribution >= 0.6 is 0 Å². The van der Waals surface area contributed by atoms with Gasteiger partial charge in [-0.1, -0.05) is 17.3 Å². The van der Waals surface area contributed by atoms with E-state index in [9.17, 15) is 4.79 Å². The van der Waals surface area contributed by atoms with Crippen molar-refractivity contribution >= 4 is 11.7 Å². The molecule has 138 valence electrons. The van der Waals surface area contributed by atoms with Crippen molar-refractivity contribution in [3.05, 3.63) is 46.8 Å². The number of aromatic nitrogens is 1. The standard InChI is InChI=1S/C20H25N3O3/c1-13-9-16(26-23-13)10-15-11-25-12-19(15)22-20(24)21-18-8-4-6-14-5-2-3-7-17(14)18/h4,6,8-9,15,19H,2-3,5,7,10-12H2,1H3,(H2,21,22,24). The molecule has 1 saturated heterocycles. The first-order valence-electron chi connectivity index (χ1n) is 9.37. The molecule has 2 heterocycles. The fraction of sp³-hybridized carbons (Fsp3) is 0.500. The number of rotatable bonds is 4. The molecule has 1 aromatic carbocycles. The molecule has 0 bridgehead atoms. The van der Waals surface area contributed by atoms with E-state index >= 15 is 0 Å². The molecule has 4 rings (SSSR count). The van der Waals surface area contributed by atoms with Crippen molar-refractivity contribution in [3.63, 3.8) is 0 Å². The number of fused-ring (bicyclic) bond motifs is 1. The molecule has 0 radical (unpaired) electrons. The lowest BCUT2D eigenvalue weighted by Gasteiger charge is -2.22. The number of aryl methyl sites for hydroxylation is 2. The predicted molar refractivity (Wildman–Crippen MR) is 98.3 cm³/mol. The molecule has 6 nitrogen and oxygen atoms in total. The smallest absolute Gasteiger partial charge is 0.319 e. The van der Waals surface area contributed by atoms with Gasteiger partial charge in [0.05, 0.1) is 24.9 Å². The van der Waals surface area contributed by atoms with E-state index in [0.717, 1.165) is 30.0 Å². The number of hydrogen-bond donors (Lipinski definition) is 2. The predicted octanol–water partition coefficient (Wildman–Crippen LogP) is 3.24. The van der Waals surface area contributed by atoms with Crippen LogP contribution in [-0.4, -0.2) is 30.4 Å². The summed E-state index contributed by atoms with van der Waals surface area (Å²) in [6, 6.07) is 7.92. The van der Waals surface area contributed by atoms with Gasteiger partial charge in [0.1, 0.15) is 5.76 Å². The number of amides is 2. The molecule has 1 fully saturated rings. The molecule has 6 heteroatoms. The maximum Gasteiger partial charge on any atom is 0.319 e. The van der Waals surface area contributed by atoms with Crippen LogP contribution in [0.1, 0.15) is 35.4 Å².